The fourth-order valence-electron chi connectivity index (χ4n) is 3.15. The van der Waals surface area contributed by atoms with Gasteiger partial charge in [0, 0.05) is 31.0 Å². The first kappa shape index (κ1) is 24.0. The number of aryl methyl sites for hydroxylation is 1. The Kier molecular flexibility index (Phi) is 7.87. The van der Waals surface area contributed by atoms with Crippen LogP contribution in [-0.4, -0.2) is 30.0 Å². The van der Waals surface area contributed by atoms with Crippen molar-refractivity contribution in [3.63, 3.8) is 0 Å². The number of pyridine rings is 1. The Morgan fingerprint density at radius 2 is 1.79 bits per heavy atom. The van der Waals surface area contributed by atoms with Gasteiger partial charge in [0.1, 0.15) is 5.82 Å². The molecule has 0 spiro atoms. The fraction of sp³-hybridized carbons (Fsp3) is 0.292. The van der Waals surface area contributed by atoms with E-state index in [1.807, 2.05) is 18.2 Å². The van der Waals surface area contributed by atoms with Gasteiger partial charge < -0.3 is 15.4 Å². The van der Waals surface area contributed by atoms with Crippen LogP contribution in [0.4, 0.5) is 24.7 Å². The van der Waals surface area contributed by atoms with E-state index in [9.17, 15) is 22.8 Å². The predicted molar refractivity (Wildman–Crippen MR) is 120 cm³/mol. The van der Waals surface area contributed by atoms with Crippen LogP contribution in [0.1, 0.15) is 30.9 Å². The highest BCUT2D eigenvalue weighted by molar-refractivity contribution is 5.94. The molecular weight excluding hydrogens is 435 g/mol. The van der Waals surface area contributed by atoms with Crippen LogP contribution in [0.5, 0.6) is 0 Å². The molecule has 0 aliphatic heterocycles. The van der Waals surface area contributed by atoms with Crippen molar-refractivity contribution in [3.05, 3.63) is 65.7 Å². The van der Waals surface area contributed by atoms with E-state index in [1.54, 1.807) is 12.1 Å². The van der Waals surface area contributed by atoms with Crippen LogP contribution in [0, 0.1) is 0 Å². The third-order valence-electron chi connectivity index (χ3n) is 4.83. The van der Waals surface area contributed by atoms with Crippen LogP contribution in [0.15, 0.2) is 54.6 Å². The Balaban J connectivity index is 1.50. The number of esters is 1. The van der Waals surface area contributed by atoms with Gasteiger partial charge in [0.25, 0.3) is 0 Å². The van der Waals surface area contributed by atoms with Gasteiger partial charge >= 0.3 is 12.1 Å². The van der Waals surface area contributed by atoms with Crippen LogP contribution in [0.2, 0.25) is 0 Å². The molecule has 0 radical (unpaired) electrons. The van der Waals surface area contributed by atoms with Crippen LogP contribution in [-0.2, 0) is 26.9 Å². The number of benzene rings is 2. The number of fused-ring (bicyclic) bond motifs is 1. The highest BCUT2D eigenvalue weighted by atomic mass is 19.4. The number of hydrogen-bond donors (Lipinski definition) is 2. The molecule has 0 saturated heterocycles. The summed E-state index contributed by atoms with van der Waals surface area (Å²) in [6.07, 6.45) is -3.22. The Morgan fingerprint density at radius 3 is 2.48 bits per heavy atom. The molecule has 0 aliphatic carbocycles. The number of anilines is 2. The molecule has 6 nitrogen and oxygen atoms in total. The van der Waals surface area contributed by atoms with Crippen molar-refractivity contribution < 1.29 is 27.5 Å². The van der Waals surface area contributed by atoms with Gasteiger partial charge in [-0.25, -0.2) is 4.98 Å². The lowest BCUT2D eigenvalue weighted by molar-refractivity contribution is -0.141. The molecule has 33 heavy (non-hydrogen) atoms. The maximum absolute atomic E-state index is 12.6. The molecule has 1 heterocycles. The van der Waals surface area contributed by atoms with E-state index in [0.717, 1.165) is 23.0 Å². The molecule has 0 aliphatic rings. The standard InChI is InChI=1S/C24H24F3N3O3/c1-16(31)33-14-2-13-28-22-11-6-18-15-20(9-10-21(18)30-22)29-23(32)12-5-17-3-7-19(8-4-17)24(25,26)27/h3-4,6-11,15H,2,5,12-14H2,1H3,(H,28,30)(H,29,32). The number of ether oxygens (including phenoxy) is 1. The monoisotopic (exact) mass is 459 g/mol. The Labute approximate surface area is 189 Å². The van der Waals surface area contributed by atoms with Crippen LogP contribution < -0.4 is 10.6 Å². The topological polar surface area (TPSA) is 80.3 Å². The van der Waals surface area contributed by atoms with Gasteiger partial charge in [-0.3, -0.25) is 9.59 Å². The molecule has 0 unspecified atom stereocenters. The van der Waals surface area contributed by atoms with Crippen molar-refractivity contribution in [2.75, 3.05) is 23.8 Å². The highest BCUT2D eigenvalue weighted by Crippen LogP contribution is 2.29. The molecule has 1 aromatic heterocycles. The zero-order valence-corrected chi connectivity index (χ0v) is 18.0. The van der Waals surface area contributed by atoms with E-state index in [1.165, 1.54) is 19.1 Å². The van der Waals surface area contributed by atoms with E-state index in [-0.39, 0.29) is 18.3 Å². The number of halogens is 3. The summed E-state index contributed by atoms with van der Waals surface area (Å²) in [6.45, 7) is 2.32. The van der Waals surface area contributed by atoms with Crippen molar-refractivity contribution in [3.8, 4) is 0 Å². The maximum Gasteiger partial charge on any atom is 0.416 e. The summed E-state index contributed by atoms with van der Waals surface area (Å²) in [5.41, 5.74) is 1.32. The third-order valence-corrected chi connectivity index (χ3v) is 4.83. The molecule has 9 heteroatoms. The number of rotatable bonds is 9. The predicted octanol–water partition coefficient (Wildman–Crippen LogP) is 5.19. The largest absolute Gasteiger partial charge is 0.466 e. The van der Waals surface area contributed by atoms with Crippen LogP contribution >= 0.6 is 0 Å². The molecule has 2 N–H and O–H groups in total. The van der Waals surface area contributed by atoms with Gasteiger partial charge in [0.05, 0.1) is 17.7 Å². The van der Waals surface area contributed by atoms with Gasteiger partial charge in [-0.1, -0.05) is 12.1 Å². The molecule has 174 valence electrons. The molecular formula is C24H24F3N3O3. The second-order valence-corrected chi connectivity index (χ2v) is 7.47. The second kappa shape index (κ2) is 10.8. The summed E-state index contributed by atoms with van der Waals surface area (Å²) in [4.78, 5) is 27.5. The number of carbonyl (C=O) groups is 2. The lowest BCUT2D eigenvalue weighted by Crippen LogP contribution is -2.12. The first-order valence-corrected chi connectivity index (χ1v) is 10.4. The average molecular weight is 459 g/mol. The summed E-state index contributed by atoms with van der Waals surface area (Å²) in [6, 6.07) is 13.9. The lowest BCUT2D eigenvalue weighted by atomic mass is 10.1. The van der Waals surface area contributed by atoms with Crippen molar-refractivity contribution in [2.24, 2.45) is 0 Å². The summed E-state index contributed by atoms with van der Waals surface area (Å²) in [5, 5.41) is 6.82. The van der Waals surface area contributed by atoms with E-state index >= 15 is 0 Å². The minimum atomic E-state index is -4.37. The number of aromatic nitrogens is 1. The van der Waals surface area contributed by atoms with Gasteiger partial charge in [-0.2, -0.15) is 13.2 Å². The molecule has 3 rings (SSSR count). The third kappa shape index (κ3) is 7.48. The van der Waals surface area contributed by atoms with Gasteiger partial charge in [-0.15, -0.1) is 0 Å². The van der Waals surface area contributed by atoms with Gasteiger partial charge in [0.15, 0.2) is 0 Å². The Bertz CT molecular complexity index is 1120. The second-order valence-electron chi connectivity index (χ2n) is 7.47. The lowest BCUT2D eigenvalue weighted by Gasteiger charge is -2.10. The fourth-order valence-corrected chi connectivity index (χ4v) is 3.15. The van der Waals surface area contributed by atoms with Crippen molar-refractivity contribution >= 4 is 34.3 Å². The minimum absolute atomic E-state index is 0.151. The molecule has 2 aromatic carbocycles. The van der Waals surface area contributed by atoms with Gasteiger partial charge in [-0.05, 0) is 60.9 Å². The van der Waals surface area contributed by atoms with E-state index < -0.39 is 11.7 Å². The van der Waals surface area contributed by atoms with Crippen LogP contribution in [0.25, 0.3) is 10.9 Å². The molecule has 0 atom stereocenters. The SMILES string of the molecule is CC(=O)OCCCNc1ccc2cc(NC(=O)CCc3ccc(C(F)(F)F)cc3)ccc2n1. The average Bonchev–Trinajstić information content (AvgIpc) is 2.77. The maximum atomic E-state index is 12.6. The van der Waals surface area contributed by atoms with E-state index in [4.69, 9.17) is 4.74 Å². The number of alkyl halides is 3. The van der Waals surface area contributed by atoms with Crippen LogP contribution in [0.3, 0.4) is 0 Å². The van der Waals surface area contributed by atoms with Crippen molar-refractivity contribution in [1.82, 2.24) is 4.98 Å². The van der Waals surface area contributed by atoms with Crippen molar-refractivity contribution in [1.29, 1.82) is 0 Å². The number of carbonyl (C=O) groups excluding carboxylic acids is 2. The molecule has 0 bridgehead atoms. The number of nitrogens with zero attached hydrogens (tertiary/aromatic N) is 1. The summed E-state index contributed by atoms with van der Waals surface area (Å²) < 4.78 is 42.8. The first-order valence-electron chi connectivity index (χ1n) is 10.4. The summed E-state index contributed by atoms with van der Waals surface area (Å²) in [5.74, 6) is 0.160. The number of hydrogen-bond acceptors (Lipinski definition) is 5. The summed E-state index contributed by atoms with van der Waals surface area (Å²) in [7, 11) is 0. The molecule has 0 fully saturated rings. The van der Waals surface area contributed by atoms with Gasteiger partial charge in [0.2, 0.25) is 5.91 Å². The normalized spacial score (nSPS) is 11.3. The zero-order chi connectivity index (χ0) is 23.8. The molecule has 3 aromatic rings. The smallest absolute Gasteiger partial charge is 0.416 e. The molecule has 0 saturated carbocycles. The Morgan fingerprint density at radius 1 is 1.03 bits per heavy atom. The Hall–Kier alpha value is -3.62. The van der Waals surface area contributed by atoms with E-state index in [2.05, 4.69) is 15.6 Å². The minimum Gasteiger partial charge on any atom is -0.466 e. The zero-order valence-electron chi connectivity index (χ0n) is 18.0. The summed E-state index contributed by atoms with van der Waals surface area (Å²) >= 11 is 0. The first-order chi connectivity index (χ1) is 15.7. The number of amides is 1. The highest BCUT2D eigenvalue weighted by Gasteiger charge is 2.29. The van der Waals surface area contributed by atoms with Crippen molar-refractivity contribution in [2.45, 2.75) is 32.4 Å². The number of nitrogens with one attached hydrogen (secondary N) is 2. The van der Waals surface area contributed by atoms with E-state index in [0.29, 0.717) is 43.1 Å². The molecule has 1 amide bonds. The quantitative estimate of drug-likeness (QED) is 0.340.